The molecule has 2 bridgehead atoms. The van der Waals surface area contributed by atoms with Crippen LogP contribution in [0.4, 0.5) is 0 Å². The zero-order valence-electron chi connectivity index (χ0n) is 19.1. The highest BCUT2D eigenvalue weighted by molar-refractivity contribution is 5.16. The Balaban J connectivity index is 1.34. The van der Waals surface area contributed by atoms with Crippen LogP contribution in [0.2, 0.25) is 0 Å². The lowest BCUT2D eigenvalue weighted by Gasteiger charge is -2.45. The number of hydrogen-bond donors (Lipinski definition) is 1. The molecular formula is C28H31NO5. The summed E-state index contributed by atoms with van der Waals surface area (Å²) in [4.78, 5) is 0. The van der Waals surface area contributed by atoms with Gasteiger partial charge in [0.05, 0.1) is 39.1 Å². The van der Waals surface area contributed by atoms with Gasteiger partial charge in [0.25, 0.3) is 0 Å². The molecule has 0 spiro atoms. The SMILES string of the molecule is NC1C2OCC(COCc3ccccc3)(O2)C(OCc2ccccc2)C1OCc1ccccc1. The summed E-state index contributed by atoms with van der Waals surface area (Å²) in [6, 6.07) is 29.7. The topological polar surface area (TPSA) is 72.2 Å². The molecule has 5 unspecified atom stereocenters. The lowest BCUT2D eigenvalue weighted by Crippen LogP contribution is -2.66. The molecule has 5 atom stereocenters. The summed E-state index contributed by atoms with van der Waals surface area (Å²) in [5.41, 5.74) is 9.01. The minimum Gasteiger partial charge on any atom is -0.374 e. The highest BCUT2D eigenvalue weighted by Crippen LogP contribution is 2.40. The van der Waals surface area contributed by atoms with Gasteiger partial charge in [-0.1, -0.05) is 91.0 Å². The molecular weight excluding hydrogens is 430 g/mol. The van der Waals surface area contributed by atoms with E-state index < -0.39 is 30.1 Å². The van der Waals surface area contributed by atoms with E-state index in [1.165, 1.54) is 0 Å². The second-order valence-corrected chi connectivity index (χ2v) is 8.90. The first-order valence-corrected chi connectivity index (χ1v) is 11.7. The monoisotopic (exact) mass is 461 g/mol. The van der Waals surface area contributed by atoms with E-state index in [-0.39, 0.29) is 0 Å². The van der Waals surface area contributed by atoms with Crippen molar-refractivity contribution in [1.29, 1.82) is 0 Å². The Morgan fingerprint density at radius 1 is 0.735 bits per heavy atom. The molecule has 2 aliphatic rings. The molecule has 3 aromatic rings. The van der Waals surface area contributed by atoms with Gasteiger partial charge in [0, 0.05) is 0 Å². The standard InChI is InChI=1S/C28H31NO5/c29-24-25(31-17-22-12-6-2-7-13-22)26(32-18-23-14-8-3-9-15-23)28(20-33-27(24)34-28)19-30-16-21-10-4-1-5-11-21/h1-15,24-27H,16-20,29H2. The molecule has 2 fully saturated rings. The summed E-state index contributed by atoms with van der Waals surface area (Å²) in [7, 11) is 0. The summed E-state index contributed by atoms with van der Waals surface area (Å²) >= 11 is 0. The van der Waals surface area contributed by atoms with E-state index >= 15 is 0 Å². The summed E-state index contributed by atoms with van der Waals surface area (Å²) in [5, 5.41) is 0. The fourth-order valence-electron chi connectivity index (χ4n) is 4.56. The van der Waals surface area contributed by atoms with Crippen molar-refractivity contribution in [3.8, 4) is 0 Å². The number of hydrogen-bond acceptors (Lipinski definition) is 6. The lowest BCUT2D eigenvalue weighted by atomic mass is 9.88. The Morgan fingerprint density at radius 3 is 1.85 bits per heavy atom. The Hall–Kier alpha value is -2.58. The zero-order chi connectivity index (χ0) is 23.2. The molecule has 178 valence electrons. The van der Waals surface area contributed by atoms with E-state index in [1.54, 1.807) is 0 Å². The second kappa shape index (κ2) is 10.8. The predicted molar refractivity (Wildman–Crippen MR) is 128 cm³/mol. The summed E-state index contributed by atoms with van der Waals surface area (Å²) in [6.07, 6.45) is -1.43. The fourth-order valence-corrected chi connectivity index (χ4v) is 4.56. The Labute approximate surface area is 200 Å². The maximum absolute atomic E-state index is 6.57. The van der Waals surface area contributed by atoms with Crippen molar-refractivity contribution in [2.45, 2.75) is 50.0 Å². The van der Waals surface area contributed by atoms with Crippen molar-refractivity contribution in [1.82, 2.24) is 0 Å². The van der Waals surface area contributed by atoms with Gasteiger partial charge >= 0.3 is 0 Å². The van der Waals surface area contributed by atoms with Gasteiger partial charge in [-0.05, 0) is 16.7 Å². The molecule has 5 rings (SSSR count). The van der Waals surface area contributed by atoms with Crippen molar-refractivity contribution < 1.29 is 23.7 Å². The predicted octanol–water partition coefficient (Wildman–Crippen LogP) is 3.83. The largest absolute Gasteiger partial charge is 0.374 e. The summed E-state index contributed by atoms with van der Waals surface area (Å²) in [5.74, 6) is 0. The van der Waals surface area contributed by atoms with Gasteiger partial charge in [0.1, 0.15) is 17.8 Å². The number of nitrogens with two attached hydrogens (primary N) is 1. The third-order valence-corrected chi connectivity index (χ3v) is 6.37. The molecule has 0 aromatic heterocycles. The second-order valence-electron chi connectivity index (χ2n) is 8.90. The number of ether oxygens (including phenoxy) is 5. The first-order valence-electron chi connectivity index (χ1n) is 11.7. The molecule has 2 heterocycles. The van der Waals surface area contributed by atoms with E-state index in [4.69, 9.17) is 29.4 Å². The van der Waals surface area contributed by atoms with Gasteiger partial charge in [0.15, 0.2) is 6.29 Å². The first kappa shape index (κ1) is 23.2. The molecule has 34 heavy (non-hydrogen) atoms. The Bertz CT molecular complexity index is 1020. The van der Waals surface area contributed by atoms with Crippen molar-refractivity contribution in [3.05, 3.63) is 108 Å². The summed E-state index contributed by atoms with van der Waals surface area (Å²) in [6.45, 7) is 1.97. The quantitative estimate of drug-likeness (QED) is 0.495. The number of rotatable bonds is 10. The highest BCUT2D eigenvalue weighted by Gasteiger charge is 2.60. The Kier molecular flexibility index (Phi) is 7.35. The van der Waals surface area contributed by atoms with Crippen molar-refractivity contribution in [2.75, 3.05) is 13.2 Å². The zero-order valence-corrected chi connectivity index (χ0v) is 19.1. The van der Waals surface area contributed by atoms with Crippen molar-refractivity contribution in [3.63, 3.8) is 0 Å². The van der Waals surface area contributed by atoms with Crippen LogP contribution in [0.15, 0.2) is 91.0 Å². The average molecular weight is 462 g/mol. The van der Waals surface area contributed by atoms with Crippen LogP contribution < -0.4 is 5.73 Å². The fraction of sp³-hybridized carbons (Fsp3) is 0.357. The van der Waals surface area contributed by atoms with Gasteiger partial charge in [-0.15, -0.1) is 0 Å². The smallest absolute Gasteiger partial charge is 0.176 e. The van der Waals surface area contributed by atoms with Crippen LogP contribution in [-0.4, -0.2) is 43.4 Å². The molecule has 3 aromatic carbocycles. The average Bonchev–Trinajstić information content (AvgIpc) is 3.28. The summed E-state index contributed by atoms with van der Waals surface area (Å²) < 4.78 is 31.3. The maximum atomic E-state index is 6.57. The molecule has 0 aliphatic carbocycles. The first-order chi connectivity index (χ1) is 16.7. The molecule has 2 saturated heterocycles. The van der Waals surface area contributed by atoms with Gasteiger partial charge in [0.2, 0.25) is 0 Å². The van der Waals surface area contributed by atoms with Crippen LogP contribution in [0.5, 0.6) is 0 Å². The van der Waals surface area contributed by atoms with Crippen LogP contribution in [0.25, 0.3) is 0 Å². The van der Waals surface area contributed by atoms with Gasteiger partial charge in [-0.3, -0.25) is 0 Å². The number of benzene rings is 3. The lowest BCUT2D eigenvalue weighted by molar-refractivity contribution is -0.260. The van der Waals surface area contributed by atoms with Gasteiger partial charge in [-0.25, -0.2) is 0 Å². The molecule has 6 nitrogen and oxygen atoms in total. The third kappa shape index (κ3) is 5.23. The molecule has 2 N–H and O–H groups in total. The van der Waals surface area contributed by atoms with E-state index in [2.05, 4.69) is 0 Å². The Morgan fingerprint density at radius 2 is 1.26 bits per heavy atom. The van der Waals surface area contributed by atoms with Crippen molar-refractivity contribution in [2.24, 2.45) is 5.73 Å². The molecule has 6 heteroatoms. The minimum absolute atomic E-state index is 0.315. The normalized spacial score (nSPS) is 28.1. The maximum Gasteiger partial charge on any atom is 0.176 e. The number of fused-ring (bicyclic) bond motifs is 2. The van der Waals surface area contributed by atoms with E-state index in [9.17, 15) is 0 Å². The van der Waals surface area contributed by atoms with Gasteiger partial charge in [-0.2, -0.15) is 0 Å². The molecule has 2 aliphatic heterocycles. The van der Waals surface area contributed by atoms with E-state index in [0.29, 0.717) is 33.0 Å². The molecule has 0 saturated carbocycles. The molecule has 0 radical (unpaired) electrons. The van der Waals surface area contributed by atoms with Crippen molar-refractivity contribution >= 4 is 0 Å². The van der Waals surface area contributed by atoms with Crippen LogP contribution in [0.3, 0.4) is 0 Å². The third-order valence-electron chi connectivity index (χ3n) is 6.37. The van der Waals surface area contributed by atoms with Crippen LogP contribution >= 0.6 is 0 Å². The van der Waals surface area contributed by atoms with Gasteiger partial charge < -0.3 is 29.4 Å². The highest BCUT2D eigenvalue weighted by atomic mass is 16.8. The van der Waals surface area contributed by atoms with Crippen LogP contribution in [0, 0.1) is 0 Å². The van der Waals surface area contributed by atoms with Crippen LogP contribution in [-0.2, 0) is 43.5 Å². The van der Waals surface area contributed by atoms with Crippen LogP contribution in [0.1, 0.15) is 16.7 Å². The van der Waals surface area contributed by atoms with E-state index in [0.717, 1.165) is 16.7 Å². The minimum atomic E-state index is -0.800. The van der Waals surface area contributed by atoms with E-state index in [1.807, 2.05) is 91.0 Å². The molecule has 0 amide bonds.